The van der Waals surface area contributed by atoms with Crippen LogP contribution in [-0.2, 0) is 9.59 Å². The number of hydrogen-bond donors (Lipinski definition) is 3. The number of nitrogens with zero attached hydrogens (tertiary/aromatic N) is 1. The Balaban J connectivity index is 1.97. The van der Waals surface area contributed by atoms with Gasteiger partial charge in [0.2, 0.25) is 5.91 Å². The number of aromatic nitrogens is 2. The Kier molecular flexibility index (Phi) is 6.79. The molecular formula is C17H19N3O5S. The summed E-state index contributed by atoms with van der Waals surface area (Å²) in [5.41, 5.74) is 0.751. The van der Waals surface area contributed by atoms with E-state index in [2.05, 4.69) is 15.3 Å². The molecule has 138 valence electrons. The number of hydrogen-bond acceptors (Lipinski definition) is 6. The monoisotopic (exact) mass is 377 g/mol. The molecule has 9 heteroatoms. The van der Waals surface area contributed by atoms with Crippen molar-refractivity contribution >= 4 is 23.6 Å². The number of methoxy groups -OCH3 is 1. The van der Waals surface area contributed by atoms with Crippen LogP contribution in [0.15, 0.2) is 40.3 Å². The second-order valence-corrected chi connectivity index (χ2v) is 6.38. The maximum absolute atomic E-state index is 12.0. The number of carbonyl (C=O) groups excluding carboxylic acids is 1. The van der Waals surface area contributed by atoms with Gasteiger partial charge in [-0.25, -0.2) is 4.98 Å². The molecule has 26 heavy (non-hydrogen) atoms. The Morgan fingerprint density at radius 3 is 2.77 bits per heavy atom. The van der Waals surface area contributed by atoms with Crippen molar-refractivity contribution < 1.29 is 19.4 Å². The number of aliphatic carboxylic acids is 1. The number of H-pyrrole nitrogens is 1. The molecule has 0 fully saturated rings. The number of carbonyl (C=O) groups is 2. The van der Waals surface area contributed by atoms with Gasteiger partial charge in [0.15, 0.2) is 5.16 Å². The fourth-order valence-corrected chi connectivity index (χ4v) is 3.06. The number of nitrogens with one attached hydrogen (secondary N) is 2. The maximum atomic E-state index is 12.0. The van der Waals surface area contributed by atoms with Crippen LogP contribution in [0.5, 0.6) is 5.75 Å². The van der Waals surface area contributed by atoms with Crippen LogP contribution in [0.1, 0.15) is 17.2 Å². The molecule has 0 radical (unpaired) electrons. The van der Waals surface area contributed by atoms with Gasteiger partial charge in [0.25, 0.3) is 5.56 Å². The summed E-state index contributed by atoms with van der Waals surface area (Å²) in [6, 6.07) is 8.13. The first-order valence-corrected chi connectivity index (χ1v) is 8.72. The molecule has 1 amide bonds. The summed E-state index contributed by atoms with van der Waals surface area (Å²) in [5, 5.41) is 12.4. The molecule has 1 heterocycles. The average Bonchev–Trinajstić information content (AvgIpc) is 2.59. The van der Waals surface area contributed by atoms with E-state index in [0.717, 1.165) is 11.8 Å². The maximum Gasteiger partial charge on any atom is 0.312 e. The molecule has 0 saturated carbocycles. The number of carboxylic acid groups (broad SMARTS) is 1. The molecule has 8 nitrogen and oxygen atoms in total. The second kappa shape index (κ2) is 9.04. The minimum Gasteiger partial charge on any atom is -0.496 e. The van der Waals surface area contributed by atoms with E-state index in [-0.39, 0.29) is 23.8 Å². The Morgan fingerprint density at radius 1 is 1.38 bits per heavy atom. The fourth-order valence-electron chi connectivity index (χ4n) is 2.31. The van der Waals surface area contributed by atoms with Gasteiger partial charge in [-0.3, -0.25) is 14.4 Å². The van der Waals surface area contributed by atoms with Crippen LogP contribution in [0.3, 0.4) is 0 Å². The summed E-state index contributed by atoms with van der Waals surface area (Å²) in [4.78, 5) is 41.6. The quantitative estimate of drug-likeness (QED) is 0.466. The van der Waals surface area contributed by atoms with Crippen LogP contribution in [0.2, 0.25) is 0 Å². The van der Waals surface area contributed by atoms with E-state index in [4.69, 9.17) is 4.74 Å². The highest BCUT2D eigenvalue weighted by Gasteiger charge is 2.23. The summed E-state index contributed by atoms with van der Waals surface area (Å²) in [5.74, 6) is -1.90. The van der Waals surface area contributed by atoms with Crippen molar-refractivity contribution in [1.82, 2.24) is 15.3 Å². The lowest BCUT2D eigenvalue weighted by molar-refractivity contribution is -0.138. The Hall–Kier alpha value is -2.81. The zero-order chi connectivity index (χ0) is 19.1. The Morgan fingerprint density at radius 2 is 2.12 bits per heavy atom. The lowest BCUT2D eigenvalue weighted by Crippen LogP contribution is -2.33. The SMILES string of the molecule is COc1ccccc1C(CNC(=O)CSc1nc(C)cc(=O)[nH]1)C(=O)O. The molecule has 2 rings (SSSR count). The largest absolute Gasteiger partial charge is 0.496 e. The molecule has 1 aromatic carbocycles. The van der Waals surface area contributed by atoms with Crippen molar-refractivity contribution in [3.05, 3.63) is 51.9 Å². The number of carboxylic acids is 1. The van der Waals surface area contributed by atoms with E-state index in [1.165, 1.54) is 13.2 Å². The molecule has 0 spiro atoms. The van der Waals surface area contributed by atoms with Gasteiger partial charge in [-0.2, -0.15) is 0 Å². The number of benzene rings is 1. The Bertz CT molecular complexity index is 852. The van der Waals surface area contributed by atoms with Crippen molar-refractivity contribution in [2.45, 2.75) is 18.0 Å². The molecule has 1 aromatic heterocycles. The van der Waals surface area contributed by atoms with E-state index in [9.17, 15) is 19.5 Å². The van der Waals surface area contributed by atoms with E-state index in [0.29, 0.717) is 22.2 Å². The fraction of sp³-hybridized carbons (Fsp3) is 0.294. The van der Waals surface area contributed by atoms with Crippen LogP contribution < -0.4 is 15.6 Å². The Labute approximate surface area is 154 Å². The van der Waals surface area contributed by atoms with Crippen LogP contribution in [0.25, 0.3) is 0 Å². The first-order chi connectivity index (χ1) is 12.4. The zero-order valence-electron chi connectivity index (χ0n) is 14.3. The highest BCUT2D eigenvalue weighted by molar-refractivity contribution is 7.99. The first kappa shape index (κ1) is 19.5. The van der Waals surface area contributed by atoms with Gasteiger partial charge >= 0.3 is 5.97 Å². The molecule has 3 N–H and O–H groups in total. The summed E-state index contributed by atoms with van der Waals surface area (Å²) < 4.78 is 5.19. The molecule has 0 aliphatic carbocycles. The second-order valence-electron chi connectivity index (χ2n) is 5.42. The van der Waals surface area contributed by atoms with Gasteiger partial charge < -0.3 is 20.1 Å². The highest BCUT2D eigenvalue weighted by Crippen LogP contribution is 2.26. The molecule has 1 unspecified atom stereocenters. The van der Waals surface area contributed by atoms with Crippen molar-refractivity contribution in [2.24, 2.45) is 0 Å². The normalized spacial score (nSPS) is 11.6. The number of rotatable bonds is 8. The van der Waals surface area contributed by atoms with E-state index < -0.39 is 11.9 Å². The lowest BCUT2D eigenvalue weighted by atomic mass is 9.98. The summed E-state index contributed by atoms with van der Waals surface area (Å²) in [6.07, 6.45) is 0. The van der Waals surface area contributed by atoms with Gasteiger partial charge in [-0.1, -0.05) is 30.0 Å². The van der Waals surface area contributed by atoms with Crippen molar-refractivity contribution in [1.29, 1.82) is 0 Å². The third-order valence-corrected chi connectivity index (χ3v) is 4.38. The third kappa shape index (κ3) is 5.35. The van der Waals surface area contributed by atoms with E-state index in [1.807, 2.05) is 0 Å². The smallest absolute Gasteiger partial charge is 0.312 e. The number of aromatic amines is 1. The van der Waals surface area contributed by atoms with Gasteiger partial charge in [-0.05, 0) is 13.0 Å². The van der Waals surface area contributed by atoms with Crippen LogP contribution >= 0.6 is 11.8 Å². The third-order valence-electron chi connectivity index (χ3n) is 3.50. The minimum absolute atomic E-state index is 0.00462. The summed E-state index contributed by atoms with van der Waals surface area (Å²) in [7, 11) is 1.46. The van der Waals surface area contributed by atoms with Crippen LogP contribution in [0, 0.1) is 6.92 Å². The molecule has 0 aliphatic rings. The van der Waals surface area contributed by atoms with Crippen molar-refractivity contribution in [2.75, 3.05) is 19.4 Å². The molecule has 1 atom stereocenters. The standard InChI is InChI=1S/C17H19N3O5S/c1-10-7-14(21)20-17(19-10)26-9-15(22)18-8-12(16(23)24)11-5-3-4-6-13(11)25-2/h3-7,12H,8-9H2,1-2H3,(H,18,22)(H,23,24)(H,19,20,21). The predicted molar refractivity (Wildman–Crippen MR) is 96.7 cm³/mol. The number of aryl methyl sites for hydroxylation is 1. The average molecular weight is 377 g/mol. The molecular weight excluding hydrogens is 358 g/mol. The predicted octanol–water partition coefficient (Wildman–Crippen LogP) is 1.16. The lowest BCUT2D eigenvalue weighted by Gasteiger charge is -2.16. The highest BCUT2D eigenvalue weighted by atomic mass is 32.2. The van der Waals surface area contributed by atoms with Crippen molar-refractivity contribution in [3.63, 3.8) is 0 Å². The number of amides is 1. The first-order valence-electron chi connectivity index (χ1n) is 7.74. The van der Waals surface area contributed by atoms with Crippen molar-refractivity contribution in [3.8, 4) is 5.75 Å². The van der Waals surface area contributed by atoms with Gasteiger partial charge in [-0.15, -0.1) is 0 Å². The molecule has 2 aromatic rings. The van der Waals surface area contributed by atoms with Gasteiger partial charge in [0.1, 0.15) is 11.7 Å². The number of thioether (sulfide) groups is 1. The number of ether oxygens (including phenoxy) is 1. The zero-order valence-corrected chi connectivity index (χ0v) is 15.1. The molecule has 0 aliphatic heterocycles. The summed E-state index contributed by atoms with van der Waals surface area (Å²) in [6.45, 7) is 1.61. The summed E-state index contributed by atoms with van der Waals surface area (Å²) >= 11 is 1.07. The number of para-hydroxylation sites is 1. The van der Waals surface area contributed by atoms with E-state index in [1.54, 1.807) is 31.2 Å². The van der Waals surface area contributed by atoms with Crippen LogP contribution in [0.4, 0.5) is 0 Å². The molecule has 0 bridgehead atoms. The topological polar surface area (TPSA) is 121 Å². The van der Waals surface area contributed by atoms with Gasteiger partial charge in [0, 0.05) is 23.9 Å². The minimum atomic E-state index is -1.06. The van der Waals surface area contributed by atoms with E-state index >= 15 is 0 Å². The van der Waals surface area contributed by atoms with Crippen LogP contribution in [-0.4, -0.2) is 46.4 Å². The molecule has 0 saturated heterocycles. The van der Waals surface area contributed by atoms with Gasteiger partial charge in [0.05, 0.1) is 12.9 Å².